The van der Waals surface area contributed by atoms with Gasteiger partial charge in [-0.1, -0.05) is 12.1 Å². The molecule has 1 aliphatic rings. The molecule has 58 valence electrons. The van der Waals surface area contributed by atoms with E-state index in [1.54, 1.807) is 0 Å². The molecule has 0 aliphatic heterocycles. The van der Waals surface area contributed by atoms with E-state index in [0.29, 0.717) is 5.92 Å². The maximum Gasteiger partial charge on any atom is 0.0138 e. The average Bonchev–Trinajstić information content (AvgIpc) is 2.68. The van der Waals surface area contributed by atoms with E-state index >= 15 is 0 Å². The third-order valence-corrected chi connectivity index (χ3v) is 3.23. The molecule has 0 bridgehead atoms. The van der Waals surface area contributed by atoms with Gasteiger partial charge in [0.2, 0.25) is 0 Å². The van der Waals surface area contributed by atoms with Gasteiger partial charge in [-0.2, -0.15) is 0 Å². The summed E-state index contributed by atoms with van der Waals surface area (Å²) in [6.45, 7) is 3.88. The van der Waals surface area contributed by atoms with E-state index < -0.39 is 0 Å². The van der Waals surface area contributed by atoms with Gasteiger partial charge >= 0.3 is 0 Å². The lowest BCUT2D eigenvalue weighted by Crippen LogP contribution is -1.92. The smallest absolute Gasteiger partial charge is 0.0138 e. The Hall–Kier alpha value is -0.560. The van der Waals surface area contributed by atoms with Crippen LogP contribution in [0.25, 0.3) is 0 Å². The van der Waals surface area contributed by atoms with Crippen LogP contribution in [-0.4, -0.2) is 0 Å². The number of rotatable bonds is 3. The van der Waals surface area contributed by atoms with Gasteiger partial charge in [-0.05, 0) is 30.2 Å². The van der Waals surface area contributed by atoms with Crippen molar-refractivity contribution in [3.05, 3.63) is 35.0 Å². The maximum atomic E-state index is 3.88. The van der Waals surface area contributed by atoms with Crippen LogP contribution in [0.2, 0.25) is 0 Å². The highest BCUT2D eigenvalue weighted by molar-refractivity contribution is 7.10. The van der Waals surface area contributed by atoms with Gasteiger partial charge in [0, 0.05) is 10.8 Å². The Kier molecular flexibility index (Phi) is 1.82. The summed E-state index contributed by atoms with van der Waals surface area (Å²) in [4.78, 5) is 1.49. The number of hydrogen-bond donors (Lipinski definition) is 0. The van der Waals surface area contributed by atoms with Crippen molar-refractivity contribution in [3.63, 3.8) is 0 Å². The van der Waals surface area contributed by atoms with Crippen LogP contribution in [0.15, 0.2) is 30.2 Å². The van der Waals surface area contributed by atoms with Gasteiger partial charge in [0.25, 0.3) is 0 Å². The lowest BCUT2D eigenvalue weighted by Gasteiger charge is -2.06. The van der Waals surface area contributed by atoms with E-state index in [1.807, 2.05) is 11.3 Å². The topological polar surface area (TPSA) is 0 Å². The zero-order valence-corrected chi connectivity index (χ0v) is 7.31. The van der Waals surface area contributed by atoms with Crippen molar-refractivity contribution in [1.29, 1.82) is 0 Å². The molecule has 0 N–H and O–H groups in total. The fraction of sp³-hybridized carbons (Fsp3) is 0.400. The molecule has 11 heavy (non-hydrogen) atoms. The molecule has 1 heterocycles. The minimum Gasteiger partial charge on any atom is -0.148 e. The summed E-state index contributed by atoms with van der Waals surface area (Å²) < 4.78 is 0. The summed E-state index contributed by atoms with van der Waals surface area (Å²) in [7, 11) is 0. The quantitative estimate of drug-likeness (QED) is 0.600. The van der Waals surface area contributed by atoms with E-state index in [2.05, 4.69) is 30.2 Å². The molecule has 1 aromatic heterocycles. The summed E-state index contributed by atoms with van der Waals surface area (Å²) in [5.74, 6) is 1.56. The molecular formula is C10H12S. The van der Waals surface area contributed by atoms with Crippen LogP contribution >= 0.6 is 11.3 Å². The zero-order valence-electron chi connectivity index (χ0n) is 6.49. The maximum absolute atomic E-state index is 3.88. The number of allylic oxidation sites excluding steroid dienone is 1. The Morgan fingerprint density at radius 2 is 2.45 bits per heavy atom. The van der Waals surface area contributed by atoms with Crippen molar-refractivity contribution in [2.75, 3.05) is 0 Å². The SMILES string of the molecule is C=CC(c1cccs1)C1CC1. The normalized spacial score (nSPS) is 19.6. The van der Waals surface area contributed by atoms with Crippen LogP contribution in [0.4, 0.5) is 0 Å². The monoisotopic (exact) mass is 164 g/mol. The Balaban J connectivity index is 2.17. The van der Waals surface area contributed by atoms with Crippen molar-refractivity contribution < 1.29 is 0 Å². The van der Waals surface area contributed by atoms with Crippen LogP contribution in [0.1, 0.15) is 23.6 Å². The molecule has 1 unspecified atom stereocenters. The third kappa shape index (κ3) is 1.38. The first kappa shape index (κ1) is 7.11. The van der Waals surface area contributed by atoms with E-state index in [4.69, 9.17) is 0 Å². The molecule has 1 saturated carbocycles. The van der Waals surface area contributed by atoms with Crippen LogP contribution in [0.5, 0.6) is 0 Å². The first-order valence-corrected chi connectivity index (χ1v) is 4.95. The summed E-state index contributed by atoms with van der Waals surface area (Å²) in [6.07, 6.45) is 4.90. The molecule has 1 heteroatoms. The highest BCUT2D eigenvalue weighted by Gasteiger charge is 2.30. The van der Waals surface area contributed by atoms with Gasteiger partial charge in [-0.15, -0.1) is 17.9 Å². The van der Waals surface area contributed by atoms with Gasteiger partial charge in [0.1, 0.15) is 0 Å². The van der Waals surface area contributed by atoms with Crippen molar-refractivity contribution in [3.8, 4) is 0 Å². The average molecular weight is 164 g/mol. The lowest BCUT2D eigenvalue weighted by molar-refractivity contribution is 0.742. The highest BCUT2D eigenvalue weighted by atomic mass is 32.1. The van der Waals surface area contributed by atoms with Gasteiger partial charge in [0.15, 0.2) is 0 Å². The molecule has 0 aromatic carbocycles. The minimum absolute atomic E-state index is 0.648. The standard InChI is InChI=1S/C10H12S/c1-2-9(8-5-6-8)10-4-3-7-11-10/h2-4,7-9H,1,5-6H2. The van der Waals surface area contributed by atoms with Crippen LogP contribution in [0.3, 0.4) is 0 Å². The van der Waals surface area contributed by atoms with Crippen molar-refractivity contribution in [2.45, 2.75) is 18.8 Å². The van der Waals surface area contributed by atoms with E-state index in [-0.39, 0.29) is 0 Å². The largest absolute Gasteiger partial charge is 0.148 e. The van der Waals surface area contributed by atoms with Crippen molar-refractivity contribution in [2.24, 2.45) is 5.92 Å². The van der Waals surface area contributed by atoms with Crippen LogP contribution < -0.4 is 0 Å². The third-order valence-electron chi connectivity index (χ3n) is 2.26. The van der Waals surface area contributed by atoms with Crippen LogP contribution in [0, 0.1) is 5.92 Å². The molecule has 1 aliphatic carbocycles. The second-order valence-electron chi connectivity index (χ2n) is 3.11. The molecule has 1 aromatic rings. The summed E-state index contributed by atoms with van der Waals surface area (Å²) >= 11 is 1.85. The summed E-state index contributed by atoms with van der Waals surface area (Å²) in [5.41, 5.74) is 0. The van der Waals surface area contributed by atoms with Gasteiger partial charge < -0.3 is 0 Å². The summed E-state index contributed by atoms with van der Waals surface area (Å²) in [5, 5.41) is 2.15. The number of thiophene rings is 1. The Morgan fingerprint density at radius 3 is 2.91 bits per heavy atom. The molecule has 0 saturated heterocycles. The molecule has 0 nitrogen and oxygen atoms in total. The molecule has 1 atom stereocenters. The zero-order chi connectivity index (χ0) is 7.68. The second kappa shape index (κ2) is 2.82. The minimum atomic E-state index is 0.648. The molecule has 0 amide bonds. The predicted molar refractivity (Wildman–Crippen MR) is 50.0 cm³/mol. The van der Waals surface area contributed by atoms with Crippen molar-refractivity contribution in [1.82, 2.24) is 0 Å². The van der Waals surface area contributed by atoms with E-state index in [1.165, 1.54) is 17.7 Å². The molecule has 2 rings (SSSR count). The summed E-state index contributed by atoms with van der Waals surface area (Å²) in [6, 6.07) is 4.34. The lowest BCUT2D eigenvalue weighted by atomic mass is 10.0. The van der Waals surface area contributed by atoms with Crippen molar-refractivity contribution >= 4 is 11.3 Å². The number of hydrogen-bond acceptors (Lipinski definition) is 1. The van der Waals surface area contributed by atoms with Gasteiger partial charge in [-0.25, -0.2) is 0 Å². The Morgan fingerprint density at radius 1 is 1.64 bits per heavy atom. The molecule has 0 radical (unpaired) electrons. The van der Waals surface area contributed by atoms with E-state index in [9.17, 15) is 0 Å². The first-order valence-electron chi connectivity index (χ1n) is 4.08. The predicted octanol–water partition coefficient (Wildman–Crippen LogP) is 3.43. The molecule has 1 fully saturated rings. The fourth-order valence-corrected chi connectivity index (χ4v) is 2.39. The highest BCUT2D eigenvalue weighted by Crippen LogP contribution is 2.44. The van der Waals surface area contributed by atoms with Crippen LogP contribution in [-0.2, 0) is 0 Å². The Bertz CT molecular complexity index is 231. The first-order chi connectivity index (χ1) is 5.42. The Labute approximate surface area is 71.6 Å². The fourth-order valence-electron chi connectivity index (χ4n) is 1.48. The van der Waals surface area contributed by atoms with E-state index in [0.717, 1.165) is 5.92 Å². The molecular weight excluding hydrogens is 152 g/mol. The van der Waals surface area contributed by atoms with Gasteiger partial charge in [-0.3, -0.25) is 0 Å². The second-order valence-corrected chi connectivity index (χ2v) is 4.09. The van der Waals surface area contributed by atoms with Gasteiger partial charge in [0.05, 0.1) is 0 Å². The molecule has 0 spiro atoms.